The lowest BCUT2D eigenvalue weighted by Gasteiger charge is -2.13. The Bertz CT molecular complexity index is 769. The van der Waals surface area contributed by atoms with E-state index in [2.05, 4.69) is 0 Å². The number of halogens is 3. The highest BCUT2D eigenvalue weighted by Gasteiger charge is 2.33. The zero-order valence-electron chi connectivity index (χ0n) is 11.2. The highest BCUT2D eigenvalue weighted by atomic mass is 32.2. The Morgan fingerprint density at radius 1 is 0.909 bits per heavy atom. The first-order valence-electron chi connectivity index (χ1n) is 6.20. The fourth-order valence-corrected chi connectivity index (χ4v) is 2.63. The molecule has 2 aromatic rings. The molecule has 0 unspecified atom stereocenters. The molecule has 0 saturated carbocycles. The summed E-state index contributed by atoms with van der Waals surface area (Å²) in [7, 11) is -4.05. The Kier molecular flexibility index (Phi) is 4.56. The van der Waals surface area contributed by atoms with Gasteiger partial charge in [0.05, 0.1) is 16.7 Å². The predicted molar refractivity (Wildman–Crippen MR) is 79.5 cm³/mol. The van der Waals surface area contributed by atoms with Gasteiger partial charge < -0.3 is 0 Å². The van der Waals surface area contributed by atoms with Gasteiger partial charge in [0.15, 0.2) is 0 Å². The lowest BCUT2D eigenvalue weighted by atomic mass is 10.2. The number of hydrogen-bond donors (Lipinski definition) is 1. The SMILES string of the molecule is O=S(=O)(C=Cc1ccccc1)Nc1ccccc1C(F)(F)F. The van der Waals surface area contributed by atoms with E-state index in [4.69, 9.17) is 0 Å². The number of sulfonamides is 1. The van der Waals surface area contributed by atoms with Crippen molar-refractivity contribution in [3.8, 4) is 0 Å². The van der Waals surface area contributed by atoms with Crippen molar-refractivity contribution in [2.75, 3.05) is 4.72 Å². The topological polar surface area (TPSA) is 46.2 Å². The molecule has 0 bridgehead atoms. The third kappa shape index (κ3) is 4.36. The van der Waals surface area contributed by atoms with E-state index in [1.807, 2.05) is 4.72 Å². The Labute approximate surface area is 126 Å². The van der Waals surface area contributed by atoms with Crippen LogP contribution in [0.4, 0.5) is 18.9 Å². The minimum atomic E-state index is -4.64. The lowest BCUT2D eigenvalue weighted by Crippen LogP contribution is -2.14. The summed E-state index contributed by atoms with van der Waals surface area (Å²) in [6.07, 6.45) is -3.33. The second kappa shape index (κ2) is 6.23. The molecule has 0 heterocycles. The monoisotopic (exact) mass is 327 g/mol. The third-order valence-corrected chi connectivity index (χ3v) is 3.72. The minimum absolute atomic E-state index is 0.507. The predicted octanol–water partition coefficient (Wildman–Crippen LogP) is 4.12. The molecular weight excluding hydrogens is 315 g/mol. The number of para-hydroxylation sites is 1. The van der Waals surface area contributed by atoms with Crippen molar-refractivity contribution < 1.29 is 21.6 Å². The fourth-order valence-electron chi connectivity index (χ4n) is 1.74. The van der Waals surface area contributed by atoms with Crippen LogP contribution in [0.2, 0.25) is 0 Å². The van der Waals surface area contributed by atoms with Gasteiger partial charge in [-0.3, -0.25) is 4.72 Å². The molecule has 0 spiro atoms. The number of benzene rings is 2. The van der Waals surface area contributed by atoms with Crippen molar-refractivity contribution in [3.05, 3.63) is 71.1 Å². The molecule has 0 fully saturated rings. The molecule has 0 aliphatic rings. The Morgan fingerprint density at radius 3 is 2.14 bits per heavy atom. The number of alkyl halides is 3. The zero-order valence-corrected chi connectivity index (χ0v) is 12.0. The maximum Gasteiger partial charge on any atom is 0.418 e. The number of nitrogens with one attached hydrogen (secondary N) is 1. The third-order valence-electron chi connectivity index (χ3n) is 2.72. The van der Waals surface area contributed by atoms with Crippen LogP contribution in [0.5, 0.6) is 0 Å². The number of hydrogen-bond acceptors (Lipinski definition) is 2. The molecule has 3 nitrogen and oxygen atoms in total. The van der Waals surface area contributed by atoms with E-state index in [0.29, 0.717) is 5.56 Å². The largest absolute Gasteiger partial charge is 0.418 e. The van der Waals surface area contributed by atoms with Gasteiger partial charge in [-0.2, -0.15) is 13.2 Å². The van der Waals surface area contributed by atoms with Crippen molar-refractivity contribution in [3.63, 3.8) is 0 Å². The maximum absolute atomic E-state index is 12.8. The van der Waals surface area contributed by atoms with E-state index in [1.165, 1.54) is 18.2 Å². The Morgan fingerprint density at radius 2 is 1.50 bits per heavy atom. The second-order valence-electron chi connectivity index (χ2n) is 4.40. The van der Waals surface area contributed by atoms with E-state index in [-0.39, 0.29) is 0 Å². The number of anilines is 1. The van der Waals surface area contributed by atoms with Crippen LogP contribution in [-0.2, 0) is 16.2 Å². The van der Waals surface area contributed by atoms with Gasteiger partial charge in [-0.05, 0) is 23.8 Å². The molecule has 0 atom stereocenters. The molecule has 2 aromatic carbocycles. The maximum atomic E-state index is 12.8. The summed E-state index contributed by atoms with van der Waals surface area (Å²) < 4.78 is 64.2. The first-order chi connectivity index (χ1) is 10.3. The van der Waals surface area contributed by atoms with Crippen molar-refractivity contribution in [2.45, 2.75) is 6.18 Å². The molecule has 0 aliphatic heterocycles. The smallest absolute Gasteiger partial charge is 0.280 e. The van der Waals surface area contributed by atoms with Crippen LogP contribution in [-0.4, -0.2) is 8.42 Å². The van der Waals surface area contributed by atoms with E-state index < -0.39 is 27.5 Å². The average molecular weight is 327 g/mol. The normalized spacial score (nSPS) is 12.5. The first-order valence-corrected chi connectivity index (χ1v) is 7.75. The standard InChI is InChI=1S/C15H12F3NO2S/c16-15(17,18)13-8-4-5-9-14(13)19-22(20,21)11-10-12-6-2-1-3-7-12/h1-11,19H. The van der Waals surface area contributed by atoms with Gasteiger partial charge in [0, 0.05) is 0 Å². The lowest BCUT2D eigenvalue weighted by molar-refractivity contribution is -0.136. The van der Waals surface area contributed by atoms with E-state index in [0.717, 1.165) is 17.5 Å². The first kappa shape index (κ1) is 16.1. The highest BCUT2D eigenvalue weighted by molar-refractivity contribution is 7.95. The highest BCUT2D eigenvalue weighted by Crippen LogP contribution is 2.35. The molecule has 0 radical (unpaired) electrons. The van der Waals surface area contributed by atoms with Gasteiger partial charge in [-0.1, -0.05) is 42.5 Å². The van der Waals surface area contributed by atoms with E-state index in [1.54, 1.807) is 30.3 Å². The summed E-state index contributed by atoms with van der Waals surface area (Å²) in [5, 5.41) is 0.829. The molecule has 0 aliphatic carbocycles. The van der Waals surface area contributed by atoms with Crippen LogP contribution in [0.15, 0.2) is 60.0 Å². The van der Waals surface area contributed by atoms with Crippen molar-refractivity contribution in [1.29, 1.82) is 0 Å². The average Bonchev–Trinajstić information content (AvgIpc) is 2.45. The molecule has 0 saturated heterocycles. The summed E-state index contributed by atoms with van der Waals surface area (Å²) in [6.45, 7) is 0. The van der Waals surface area contributed by atoms with Crippen molar-refractivity contribution in [1.82, 2.24) is 0 Å². The summed E-state index contributed by atoms with van der Waals surface area (Å²) in [5.74, 6) is 0. The summed E-state index contributed by atoms with van der Waals surface area (Å²) >= 11 is 0. The Hall–Kier alpha value is -2.28. The second-order valence-corrected chi connectivity index (χ2v) is 5.97. The van der Waals surface area contributed by atoms with E-state index in [9.17, 15) is 21.6 Å². The van der Waals surface area contributed by atoms with Gasteiger partial charge in [-0.15, -0.1) is 0 Å². The Balaban J connectivity index is 2.25. The fraction of sp³-hybridized carbons (Fsp3) is 0.0667. The van der Waals surface area contributed by atoms with Crippen molar-refractivity contribution in [2.24, 2.45) is 0 Å². The van der Waals surface area contributed by atoms with Crippen LogP contribution >= 0.6 is 0 Å². The molecule has 0 aromatic heterocycles. The summed E-state index contributed by atoms with van der Waals surface area (Å²) in [6, 6.07) is 13.0. The molecule has 0 amide bonds. The zero-order chi connectivity index (χ0) is 16.2. The molecule has 7 heteroatoms. The van der Waals surface area contributed by atoms with Gasteiger partial charge in [0.25, 0.3) is 10.0 Å². The van der Waals surface area contributed by atoms with Gasteiger partial charge in [0.2, 0.25) is 0 Å². The summed E-state index contributed by atoms with van der Waals surface area (Å²) in [4.78, 5) is 0. The van der Waals surface area contributed by atoms with Gasteiger partial charge >= 0.3 is 6.18 Å². The summed E-state index contributed by atoms with van der Waals surface area (Å²) in [5.41, 5.74) is -0.920. The van der Waals surface area contributed by atoms with Gasteiger partial charge in [-0.25, -0.2) is 8.42 Å². The molecular formula is C15H12F3NO2S. The van der Waals surface area contributed by atoms with Crippen LogP contribution in [0, 0.1) is 0 Å². The van der Waals surface area contributed by atoms with E-state index >= 15 is 0 Å². The minimum Gasteiger partial charge on any atom is -0.280 e. The van der Waals surface area contributed by atoms with Crippen LogP contribution in [0.25, 0.3) is 6.08 Å². The van der Waals surface area contributed by atoms with Crippen LogP contribution < -0.4 is 4.72 Å². The quantitative estimate of drug-likeness (QED) is 0.918. The number of rotatable bonds is 4. The van der Waals surface area contributed by atoms with Crippen LogP contribution in [0.1, 0.15) is 11.1 Å². The molecule has 22 heavy (non-hydrogen) atoms. The van der Waals surface area contributed by atoms with Crippen molar-refractivity contribution >= 4 is 21.8 Å². The van der Waals surface area contributed by atoms with Crippen LogP contribution in [0.3, 0.4) is 0 Å². The van der Waals surface area contributed by atoms with Gasteiger partial charge in [0.1, 0.15) is 0 Å². The molecule has 2 rings (SSSR count). The molecule has 116 valence electrons. The molecule has 1 N–H and O–H groups in total.